The quantitative estimate of drug-likeness (QED) is 0.616. The van der Waals surface area contributed by atoms with Crippen molar-refractivity contribution in [2.24, 2.45) is 0 Å². The molecule has 26 heavy (non-hydrogen) atoms. The molecule has 0 spiro atoms. The van der Waals surface area contributed by atoms with E-state index in [1.54, 1.807) is 17.0 Å². The maximum absolute atomic E-state index is 13.5. The summed E-state index contributed by atoms with van der Waals surface area (Å²) in [4.78, 5) is 19.3. The van der Waals surface area contributed by atoms with Crippen LogP contribution in [0.3, 0.4) is 0 Å². The minimum absolute atomic E-state index is 0.195. The van der Waals surface area contributed by atoms with Gasteiger partial charge in [-0.15, -0.1) is 0 Å². The Hall–Kier alpha value is -2.40. The van der Waals surface area contributed by atoms with Crippen LogP contribution in [0, 0.1) is 5.82 Å². The molecule has 0 aliphatic rings. The summed E-state index contributed by atoms with van der Waals surface area (Å²) in [5.74, 6) is 0.185. The molecule has 0 aliphatic carbocycles. The third-order valence-electron chi connectivity index (χ3n) is 4.29. The van der Waals surface area contributed by atoms with Crippen LogP contribution in [0.4, 0.5) is 4.39 Å². The summed E-state index contributed by atoms with van der Waals surface area (Å²) >= 11 is 6.12. The first kappa shape index (κ1) is 18.4. The Kier molecular flexibility index (Phi) is 5.57. The Morgan fingerprint density at radius 1 is 1.23 bits per heavy atom. The molecule has 2 aromatic carbocycles. The molecular weight excluding hydrogens is 353 g/mol. The molecule has 136 valence electrons. The second-order valence-electron chi connectivity index (χ2n) is 6.14. The minimum atomic E-state index is -0.414. The number of benzene rings is 2. The predicted molar refractivity (Wildman–Crippen MR) is 102 cm³/mol. The molecule has 0 radical (unpaired) electrons. The van der Waals surface area contributed by atoms with Crippen molar-refractivity contribution in [3.8, 4) is 0 Å². The third-order valence-corrected chi connectivity index (χ3v) is 4.53. The number of carbonyl (C=O) groups is 1. The Bertz CT molecular complexity index is 938. The van der Waals surface area contributed by atoms with E-state index in [4.69, 9.17) is 11.6 Å². The van der Waals surface area contributed by atoms with Crippen molar-refractivity contribution in [3.05, 3.63) is 64.7 Å². The van der Waals surface area contributed by atoms with Gasteiger partial charge in [-0.25, -0.2) is 9.37 Å². The number of hydrogen-bond acceptors (Lipinski definition) is 2. The zero-order valence-electron chi connectivity index (χ0n) is 14.9. The molecule has 1 heterocycles. The first-order chi connectivity index (χ1) is 12.5. The van der Waals surface area contributed by atoms with E-state index in [1.807, 2.05) is 32.0 Å². The van der Waals surface area contributed by atoms with E-state index in [-0.39, 0.29) is 5.91 Å². The highest BCUT2D eigenvalue weighted by Crippen LogP contribution is 2.22. The van der Waals surface area contributed by atoms with Gasteiger partial charge in [-0.1, -0.05) is 24.6 Å². The molecule has 3 rings (SSSR count). The largest absolute Gasteiger partial charge is 0.331 e. The van der Waals surface area contributed by atoms with Crippen LogP contribution in [0.25, 0.3) is 11.0 Å². The average Bonchev–Trinajstić information content (AvgIpc) is 2.97. The van der Waals surface area contributed by atoms with Gasteiger partial charge in [0.1, 0.15) is 11.6 Å². The van der Waals surface area contributed by atoms with E-state index in [1.165, 1.54) is 12.1 Å². The Morgan fingerprint density at radius 3 is 2.73 bits per heavy atom. The fourth-order valence-corrected chi connectivity index (χ4v) is 3.28. The van der Waals surface area contributed by atoms with Crippen LogP contribution in [0.15, 0.2) is 42.5 Å². The molecule has 6 heteroatoms. The molecule has 0 aliphatic heterocycles. The maximum Gasteiger partial charge on any atom is 0.254 e. The number of hydrogen-bond donors (Lipinski definition) is 0. The van der Waals surface area contributed by atoms with Crippen molar-refractivity contribution in [2.45, 2.75) is 33.4 Å². The second kappa shape index (κ2) is 7.87. The standard InChI is InChI=1S/C20H21ClFN3O/c1-3-10-24(20(26)14-6-5-7-16(22)11-14)13-19-23-17-9-8-15(21)12-18(17)25(19)4-2/h5-9,11-12H,3-4,10,13H2,1-2H3. The van der Waals surface area contributed by atoms with Crippen molar-refractivity contribution in [1.29, 1.82) is 0 Å². The monoisotopic (exact) mass is 373 g/mol. The third kappa shape index (κ3) is 3.73. The van der Waals surface area contributed by atoms with Crippen LogP contribution in [-0.2, 0) is 13.1 Å². The van der Waals surface area contributed by atoms with E-state index in [9.17, 15) is 9.18 Å². The number of aryl methyl sites for hydroxylation is 1. The summed E-state index contributed by atoms with van der Waals surface area (Å²) in [5.41, 5.74) is 2.14. The lowest BCUT2D eigenvalue weighted by atomic mass is 10.2. The minimum Gasteiger partial charge on any atom is -0.331 e. The Morgan fingerprint density at radius 2 is 2.04 bits per heavy atom. The molecule has 1 aromatic heterocycles. The van der Waals surface area contributed by atoms with Crippen LogP contribution in [0.5, 0.6) is 0 Å². The van der Waals surface area contributed by atoms with Gasteiger partial charge in [0.25, 0.3) is 5.91 Å². The normalized spacial score (nSPS) is 11.1. The first-order valence-electron chi connectivity index (χ1n) is 8.73. The van der Waals surface area contributed by atoms with Gasteiger partial charge in [-0.05, 0) is 49.7 Å². The summed E-state index contributed by atoms with van der Waals surface area (Å²) in [5, 5.41) is 0.653. The number of imidazole rings is 1. The number of aromatic nitrogens is 2. The molecule has 0 atom stereocenters. The van der Waals surface area contributed by atoms with E-state index in [0.717, 1.165) is 29.8 Å². The fraction of sp³-hybridized carbons (Fsp3) is 0.300. The lowest BCUT2D eigenvalue weighted by Gasteiger charge is -2.22. The van der Waals surface area contributed by atoms with Crippen LogP contribution in [-0.4, -0.2) is 26.9 Å². The summed E-state index contributed by atoms with van der Waals surface area (Å²) in [6, 6.07) is 11.4. The summed E-state index contributed by atoms with van der Waals surface area (Å²) in [6.45, 7) is 5.70. The van der Waals surface area contributed by atoms with Gasteiger partial charge < -0.3 is 9.47 Å². The number of carbonyl (C=O) groups excluding carboxylic acids is 1. The van der Waals surface area contributed by atoms with E-state index in [0.29, 0.717) is 23.7 Å². The molecule has 0 saturated heterocycles. The van der Waals surface area contributed by atoms with Gasteiger partial charge >= 0.3 is 0 Å². The zero-order chi connectivity index (χ0) is 18.7. The van der Waals surface area contributed by atoms with Crippen molar-refractivity contribution in [1.82, 2.24) is 14.5 Å². The molecule has 0 N–H and O–H groups in total. The summed E-state index contributed by atoms with van der Waals surface area (Å²) in [7, 11) is 0. The molecule has 0 fully saturated rings. The van der Waals surface area contributed by atoms with E-state index >= 15 is 0 Å². The van der Waals surface area contributed by atoms with Crippen LogP contribution < -0.4 is 0 Å². The highest BCUT2D eigenvalue weighted by atomic mass is 35.5. The van der Waals surface area contributed by atoms with Gasteiger partial charge in [0.05, 0.1) is 17.6 Å². The van der Waals surface area contributed by atoms with E-state index < -0.39 is 5.82 Å². The van der Waals surface area contributed by atoms with Crippen LogP contribution in [0.1, 0.15) is 36.5 Å². The van der Waals surface area contributed by atoms with Crippen LogP contribution in [0.2, 0.25) is 5.02 Å². The Labute approximate surface area is 157 Å². The number of rotatable bonds is 6. The van der Waals surface area contributed by atoms with Gasteiger partial charge in [-0.3, -0.25) is 4.79 Å². The topological polar surface area (TPSA) is 38.1 Å². The number of fused-ring (bicyclic) bond motifs is 1. The number of amides is 1. The molecule has 1 amide bonds. The Balaban J connectivity index is 1.95. The van der Waals surface area contributed by atoms with Crippen molar-refractivity contribution < 1.29 is 9.18 Å². The molecule has 0 unspecified atom stereocenters. The summed E-state index contributed by atoms with van der Waals surface area (Å²) in [6.07, 6.45) is 0.805. The van der Waals surface area contributed by atoms with Gasteiger partial charge in [0.2, 0.25) is 0 Å². The highest BCUT2D eigenvalue weighted by molar-refractivity contribution is 6.31. The first-order valence-corrected chi connectivity index (χ1v) is 9.10. The van der Waals surface area contributed by atoms with Crippen molar-refractivity contribution >= 4 is 28.5 Å². The number of halogens is 2. The molecular formula is C20H21ClFN3O. The SMILES string of the molecule is CCCN(Cc1nc2ccc(Cl)cc2n1CC)C(=O)c1cccc(F)c1. The zero-order valence-corrected chi connectivity index (χ0v) is 15.6. The fourth-order valence-electron chi connectivity index (χ4n) is 3.12. The predicted octanol–water partition coefficient (Wildman–Crippen LogP) is 4.90. The van der Waals surface area contributed by atoms with Crippen molar-refractivity contribution in [3.63, 3.8) is 0 Å². The van der Waals surface area contributed by atoms with Gasteiger partial charge in [0.15, 0.2) is 0 Å². The molecule has 0 bridgehead atoms. The molecule has 0 saturated carbocycles. The van der Waals surface area contributed by atoms with E-state index in [2.05, 4.69) is 9.55 Å². The van der Waals surface area contributed by atoms with Gasteiger partial charge in [-0.2, -0.15) is 0 Å². The van der Waals surface area contributed by atoms with Gasteiger partial charge in [0, 0.05) is 23.7 Å². The summed E-state index contributed by atoms with van der Waals surface area (Å²) < 4.78 is 15.6. The average molecular weight is 374 g/mol. The molecule has 3 aromatic rings. The lowest BCUT2D eigenvalue weighted by Crippen LogP contribution is -2.32. The lowest BCUT2D eigenvalue weighted by molar-refractivity contribution is 0.0737. The smallest absolute Gasteiger partial charge is 0.254 e. The van der Waals surface area contributed by atoms with Crippen molar-refractivity contribution in [2.75, 3.05) is 6.54 Å². The second-order valence-corrected chi connectivity index (χ2v) is 6.58. The van der Waals surface area contributed by atoms with Crippen LogP contribution >= 0.6 is 11.6 Å². The highest BCUT2D eigenvalue weighted by Gasteiger charge is 2.19. The number of nitrogens with zero attached hydrogens (tertiary/aromatic N) is 3. The molecule has 4 nitrogen and oxygen atoms in total. The maximum atomic E-state index is 13.5.